The number of rotatable bonds is 11. The van der Waals surface area contributed by atoms with Crippen molar-refractivity contribution in [2.24, 2.45) is 5.92 Å². The van der Waals surface area contributed by atoms with Crippen molar-refractivity contribution in [1.82, 2.24) is 0 Å². The highest BCUT2D eigenvalue weighted by Crippen LogP contribution is 2.31. The maximum absolute atomic E-state index is 12.5. The summed E-state index contributed by atoms with van der Waals surface area (Å²) in [5.41, 5.74) is 2.17. The van der Waals surface area contributed by atoms with E-state index in [1.54, 1.807) is 24.3 Å². The van der Waals surface area contributed by atoms with Crippen molar-refractivity contribution in [3.63, 3.8) is 0 Å². The van der Waals surface area contributed by atoms with E-state index in [1.165, 1.54) is 0 Å². The molecular formula is C23H32O4S. The van der Waals surface area contributed by atoms with Gasteiger partial charge in [-0.15, -0.1) is 0 Å². The summed E-state index contributed by atoms with van der Waals surface area (Å²) in [5, 5.41) is 0. The molecule has 0 aliphatic rings. The largest absolute Gasteiger partial charge is 0.494 e. The number of unbranched alkanes of at least 4 members (excludes halogenated alkanes) is 1. The summed E-state index contributed by atoms with van der Waals surface area (Å²) < 4.78 is 36.1. The van der Waals surface area contributed by atoms with Gasteiger partial charge in [0.2, 0.25) is 0 Å². The summed E-state index contributed by atoms with van der Waals surface area (Å²) in [4.78, 5) is 0.199. The molecule has 0 fully saturated rings. The molecule has 2 aromatic rings. The lowest BCUT2D eigenvalue weighted by Gasteiger charge is -2.23. The van der Waals surface area contributed by atoms with E-state index in [0.717, 1.165) is 36.1 Å². The minimum absolute atomic E-state index is 0.0520. The van der Waals surface area contributed by atoms with Crippen molar-refractivity contribution < 1.29 is 17.3 Å². The average molecular weight is 405 g/mol. The van der Waals surface area contributed by atoms with E-state index in [1.807, 2.05) is 26.0 Å². The van der Waals surface area contributed by atoms with E-state index in [0.29, 0.717) is 6.61 Å². The molecule has 0 aliphatic heterocycles. The monoisotopic (exact) mass is 404 g/mol. The highest BCUT2D eigenvalue weighted by Gasteiger charge is 2.22. The molecule has 0 aromatic heterocycles. The molecule has 0 aliphatic carbocycles. The first kappa shape index (κ1) is 22.4. The van der Waals surface area contributed by atoms with Crippen LogP contribution in [0.3, 0.4) is 0 Å². The van der Waals surface area contributed by atoms with Crippen molar-refractivity contribution in [2.75, 3.05) is 13.2 Å². The van der Waals surface area contributed by atoms with Gasteiger partial charge in [0.05, 0.1) is 18.1 Å². The summed E-state index contributed by atoms with van der Waals surface area (Å²) >= 11 is 0. The molecule has 0 spiro atoms. The molecule has 0 saturated heterocycles. The Morgan fingerprint density at radius 3 is 2.39 bits per heavy atom. The zero-order valence-electron chi connectivity index (χ0n) is 17.4. The van der Waals surface area contributed by atoms with Crippen LogP contribution in [0.25, 0.3) is 0 Å². The van der Waals surface area contributed by atoms with Crippen LogP contribution >= 0.6 is 0 Å². The molecule has 2 aromatic carbocycles. The predicted molar refractivity (Wildman–Crippen MR) is 113 cm³/mol. The average Bonchev–Trinajstić information content (AvgIpc) is 2.68. The molecule has 0 radical (unpaired) electrons. The summed E-state index contributed by atoms with van der Waals surface area (Å²) in [6.07, 6.45) is 3.02. The van der Waals surface area contributed by atoms with Crippen LogP contribution in [0, 0.1) is 12.8 Å². The molecule has 0 saturated carbocycles. The van der Waals surface area contributed by atoms with Gasteiger partial charge in [0.15, 0.2) is 0 Å². The molecular weight excluding hydrogens is 372 g/mol. The Morgan fingerprint density at radius 2 is 1.75 bits per heavy atom. The molecule has 0 amide bonds. The molecule has 0 bridgehead atoms. The third-order valence-corrected chi connectivity index (χ3v) is 6.27. The second kappa shape index (κ2) is 10.6. The van der Waals surface area contributed by atoms with Gasteiger partial charge in [-0.05, 0) is 61.4 Å². The fraction of sp³-hybridized carbons (Fsp3) is 0.478. The van der Waals surface area contributed by atoms with E-state index in [9.17, 15) is 8.42 Å². The van der Waals surface area contributed by atoms with Gasteiger partial charge >= 0.3 is 0 Å². The Hall–Kier alpha value is -1.85. The third kappa shape index (κ3) is 6.35. The van der Waals surface area contributed by atoms with Gasteiger partial charge in [-0.2, -0.15) is 8.42 Å². The van der Waals surface area contributed by atoms with E-state index in [-0.39, 0.29) is 23.3 Å². The van der Waals surface area contributed by atoms with Crippen LogP contribution in [-0.4, -0.2) is 21.6 Å². The van der Waals surface area contributed by atoms with Gasteiger partial charge in [0.1, 0.15) is 5.75 Å². The smallest absolute Gasteiger partial charge is 0.296 e. The molecule has 2 rings (SSSR count). The predicted octanol–water partition coefficient (Wildman–Crippen LogP) is 5.71. The van der Waals surface area contributed by atoms with Gasteiger partial charge in [0.25, 0.3) is 10.1 Å². The van der Waals surface area contributed by atoms with Crippen LogP contribution < -0.4 is 4.74 Å². The zero-order valence-corrected chi connectivity index (χ0v) is 18.2. The number of aryl methyl sites for hydroxylation is 1. The van der Waals surface area contributed by atoms with Gasteiger partial charge < -0.3 is 4.74 Å². The van der Waals surface area contributed by atoms with Crippen LogP contribution in [0.5, 0.6) is 5.75 Å². The highest BCUT2D eigenvalue weighted by atomic mass is 32.2. The number of hydrogen-bond donors (Lipinski definition) is 0. The fourth-order valence-corrected chi connectivity index (χ4v) is 4.22. The van der Waals surface area contributed by atoms with Crippen molar-refractivity contribution in [3.8, 4) is 5.75 Å². The van der Waals surface area contributed by atoms with Crippen LogP contribution in [-0.2, 0) is 14.3 Å². The molecule has 0 heterocycles. The summed E-state index contributed by atoms with van der Waals surface area (Å²) in [7, 11) is -3.74. The maximum Gasteiger partial charge on any atom is 0.296 e. The zero-order chi connectivity index (χ0) is 20.6. The fourth-order valence-electron chi connectivity index (χ4n) is 3.22. The molecule has 5 heteroatoms. The minimum Gasteiger partial charge on any atom is -0.494 e. The lowest BCUT2D eigenvalue weighted by atomic mass is 9.85. The van der Waals surface area contributed by atoms with Crippen molar-refractivity contribution in [1.29, 1.82) is 0 Å². The first-order chi connectivity index (χ1) is 13.4. The van der Waals surface area contributed by atoms with Crippen molar-refractivity contribution >= 4 is 10.1 Å². The molecule has 0 N–H and O–H groups in total. The Bertz CT molecular complexity index is 828. The van der Waals surface area contributed by atoms with Crippen LogP contribution in [0.15, 0.2) is 53.4 Å². The van der Waals surface area contributed by atoms with Gasteiger partial charge in [-0.25, -0.2) is 0 Å². The van der Waals surface area contributed by atoms with Crippen LogP contribution in [0.4, 0.5) is 0 Å². The van der Waals surface area contributed by atoms with Gasteiger partial charge in [-0.1, -0.05) is 57.0 Å². The van der Waals surface area contributed by atoms with Crippen molar-refractivity contribution in [2.45, 2.75) is 57.8 Å². The quantitative estimate of drug-likeness (QED) is 0.356. The first-order valence-corrected chi connectivity index (χ1v) is 11.5. The minimum atomic E-state index is -3.74. The summed E-state index contributed by atoms with van der Waals surface area (Å²) in [5.74, 6) is 1.11. The normalized spacial score (nSPS) is 13.9. The first-order valence-electron chi connectivity index (χ1n) is 10.1. The summed E-state index contributed by atoms with van der Waals surface area (Å²) in [6, 6.07) is 14.8. The molecule has 2 atom stereocenters. The van der Waals surface area contributed by atoms with Crippen LogP contribution in [0.1, 0.15) is 57.1 Å². The summed E-state index contributed by atoms with van der Waals surface area (Å²) in [6.45, 7) is 9.06. The Balaban J connectivity index is 2.04. The number of ether oxygens (including phenoxy) is 1. The molecule has 154 valence electrons. The number of benzene rings is 2. The molecule has 28 heavy (non-hydrogen) atoms. The second-order valence-electron chi connectivity index (χ2n) is 7.32. The lowest BCUT2D eigenvalue weighted by molar-refractivity contribution is 0.239. The highest BCUT2D eigenvalue weighted by molar-refractivity contribution is 7.86. The Kier molecular flexibility index (Phi) is 8.52. The molecule has 4 nitrogen and oxygen atoms in total. The maximum atomic E-state index is 12.5. The molecule has 0 unspecified atom stereocenters. The standard InChI is InChI=1S/C23H32O4S/c1-5-7-15-26-21-10-8-9-20(16-21)23(6-2)19(4)17-27-28(24,25)22-13-11-18(3)12-14-22/h8-14,16,19,23H,5-7,15,17H2,1-4H3/t19-,23+/m0/s1. The van der Waals surface area contributed by atoms with E-state index in [4.69, 9.17) is 8.92 Å². The lowest BCUT2D eigenvalue weighted by Crippen LogP contribution is -2.18. The van der Waals surface area contributed by atoms with E-state index < -0.39 is 10.1 Å². The third-order valence-electron chi connectivity index (χ3n) is 4.98. The van der Waals surface area contributed by atoms with Crippen molar-refractivity contribution in [3.05, 3.63) is 59.7 Å². The Labute approximate surface area is 170 Å². The number of hydrogen-bond acceptors (Lipinski definition) is 4. The topological polar surface area (TPSA) is 52.6 Å². The van der Waals surface area contributed by atoms with E-state index in [2.05, 4.69) is 26.0 Å². The second-order valence-corrected chi connectivity index (χ2v) is 8.93. The Morgan fingerprint density at radius 1 is 1.04 bits per heavy atom. The van der Waals surface area contributed by atoms with E-state index >= 15 is 0 Å². The SMILES string of the molecule is CCCCOc1cccc([C@H](CC)[C@@H](C)COS(=O)(=O)c2ccc(C)cc2)c1. The van der Waals surface area contributed by atoms with Crippen LogP contribution in [0.2, 0.25) is 0 Å². The van der Waals surface area contributed by atoms with Gasteiger partial charge in [-0.3, -0.25) is 4.18 Å². The van der Waals surface area contributed by atoms with Gasteiger partial charge in [0, 0.05) is 0 Å².